The van der Waals surface area contributed by atoms with Crippen molar-refractivity contribution in [2.75, 3.05) is 27.2 Å². The Kier molecular flexibility index (Phi) is 5.20. The van der Waals surface area contributed by atoms with E-state index in [0.29, 0.717) is 25.3 Å². The van der Waals surface area contributed by atoms with Crippen molar-refractivity contribution in [2.45, 2.75) is 39.5 Å². The van der Waals surface area contributed by atoms with Crippen LogP contribution >= 0.6 is 0 Å². The Hall–Kier alpha value is -2.12. The van der Waals surface area contributed by atoms with E-state index in [0.717, 1.165) is 35.6 Å². The van der Waals surface area contributed by atoms with Gasteiger partial charge in [-0.05, 0) is 46.5 Å². The number of aliphatic hydroxyl groups excluding tert-OH is 1. The number of aryl methyl sites for hydroxylation is 2. The third kappa shape index (κ3) is 3.54. The lowest BCUT2D eigenvalue weighted by molar-refractivity contribution is 0.0745. The van der Waals surface area contributed by atoms with E-state index in [1.165, 1.54) is 0 Å². The van der Waals surface area contributed by atoms with E-state index >= 15 is 0 Å². The first-order valence-electron chi connectivity index (χ1n) is 9.09. The molecule has 1 aliphatic rings. The van der Waals surface area contributed by atoms with E-state index in [1.54, 1.807) is 0 Å². The molecule has 1 aliphatic heterocycles. The Labute approximate surface area is 154 Å². The van der Waals surface area contributed by atoms with Crippen LogP contribution < -0.4 is 0 Å². The van der Waals surface area contributed by atoms with Gasteiger partial charge < -0.3 is 19.5 Å². The van der Waals surface area contributed by atoms with Gasteiger partial charge in [0.05, 0.1) is 23.5 Å². The van der Waals surface area contributed by atoms with Crippen molar-refractivity contribution in [3.05, 3.63) is 40.5 Å². The average molecular weight is 359 g/mol. The summed E-state index contributed by atoms with van der Waals surface area (Å²) in [4.78, 5) is 16.9. The number of amides is 1. The molecule has 2 aromatic rings. The number of aliphatic hydroxyl groups is 1. The molecule has 0 spiro atoms. The molecule has 7 heteroatoms. The van der Waals surface area contributed by atoms with Crippen molar-refractivity contribution in [3.63, 3.8) is 0 Å². The van der Waals surface area contributed by atoms with Gasteiger partial charge in [0.1, 0.15) is 6.10 Å². The standard InChI is InChI=1S/C19H29N5O2/c1-13-9-16(14(2)22(13)5)19(26)23-7-6-8-24-15(11-23)10-17(20-24)18(25)12-21(3)4/h9-10,18,25H,6-8,11-12H2,1-5H3/t18-/m1/s1. The van der Waals surface area contributed by atoms with Crippen LogP contribution in [0.15, 0.2) is 12.1 Å². The summed E-state index contributed by atoms with van der Waals surface area (Å²) < 4.78 is 3.98. The van der Waals surface area contributed by atoms with Crippen LogP contribution in [0.5, 0.6) is 0 Å². The highest BCUT2D eigenvalue weighted by Gasteiger charge is 2.25. The quantitative estimate of drug-likeness (QED) is 0.898. The number of nitrogens with zero attached hydrogens (tertiary/aromatic N) is 5. The summed E-state index contributed by atoms with van der Waals surface area (Å²) in [5, 5.41) is 14.9. The maximum absolute atomic E-state index is 13.1. The molecule has 142 valence electrons. The number of rotatable bonds is 4. The van der Waals surface area contributed by atoms with Gasteiger partial charge >= 0.3 is 0 Å². The highest BCUT2D eigenvalue weighted by Crippen LogP contribution is 2.22. The molecule has 7 nitrogen and oxygen atoms in total. The van der Waals surface area contributed by atoms with E-state index in [4.69, 9.17) is 0 Å². The van der Waals surface area contributed by atoms with Crippen LogP contribution in [0.3, 0.4) is 0 Å². The van der Waals surface area contributed by atoms with Gasteiger partial charge in [-0.2, -0.15) is 5.10 Å². The average Bonchev–Trinajstić information content (AvgIpc) is 3.02. The van der Waals surface area contributed by atoms with Gasteiger partial charge in [-0.15, -0.1) is 0 Å². The maximum Gasteiger partial charge on any atom is 0.256 e. The van der Waals surface area contributed by atoms with Crippen LogP contribution in [0.25, 0.3) is 0 Å². The Balaban J connectivity index is 1.82. The van der Waals surface area contributed by atoms with Crippen molar-refractivity contribution in [2.24, 2.45) is 7.05 Å². The van der Waals surface area contributed by atoms with Crippen LogP contribution in [0.2, 0.25) is 0 Å². The van der Waals surface area contributed by atoms with Crippen LogP contribution in [0.4, 0.5) is 0 Å². The first-order valence-corrected chi connectivity index (χ1v) is 9.09. The number of aromatic nitrogens is 3. The lowest BCUT2D eigenvalue weighted by Crippen LogP contribution is -2.31. The minimum atomic E-state index is -0.618. The third-order valence-electron chi connectivity index (χ3n) is 5.21. The molecule has 3 heterocycles. The van der Waals surface area contributed by atoms with Crippen molar-refractivity contribution >= 4 is 5.91 Å². The molecule has 0 saturated heterocycles. The molecular weight excluding hydrogens is 330 g/mol. The molecule has 2 aromatic heterocycles. The third-order valence-corrected chi connectivity index (χ3v) is 5.21. The fourth-order valence-corrected chi connectivity index (χ4v) is 3.50. The number of likely N-dealkylation sites (N-methyl/N-ethyl adjacent to an activating group) is 1. The van der Waals surface area contributed by atoms with Crippen molar-refractivity contribution in [3.8, 4) is 0 Å². The molecule has 3 rings (SSSR count). The number of hydrogen-bond donors (Lipinski definition) is 1. The number of fused-ring (bicyclic) bond motifs is 1. The van der Waals surface area contributed by atoms with Gasteiger partial charge in [0.2, 0.25) is 0 Å². The van der Waals surface area contributed by atoms with Gasteiger partial charge in [-0.3, -0.25) is 9.48 Å². The summed E-state index contributed by atoms with van der Waals surface area (Å²) in [7, 11) is 5.83. The Morgan fingerprint density at radius 3 is 2.65 bits per heavy atom. The van der Waals surface area contributed by atoms with E-state index in [-0.39, 0.29) is 5.91 Å². The van der Waals surface area contributed by atoms with Crippen LogP contribution in [0.1, 0.15) is 45.7 Å². The van der Waals surface area contributed by atoms with Crippen molar-refractivity contribution in [1.29, 1.82) is 0 Å². The largest absolute Gasteiger partial charge is 0.385 e. The minimum absolute atomic E-state index is 0.0660. The molecule has 0 bridgehead atoms. The minimum Gasteiger partial charge on any atom is -0.385 e. The Bertz CT molecular complexity index is 805. The first kappa shape index (κ1) is 18.7. The summed E-state index contributed by atoms with van der Waals surface area (Å²) in [6.07, 6.45) is 0.238. The topological polar surface area (TPSA) is 66.5 Å². The molecule has 1 atom stereocenters. The molecule has 1 amide bonds. The molecule has 0 unspecified atom stereocenters. The second-order valence-electron chi connectivity index (χ2n) is 7.49. The van der Waals surface area contributed by atoms with E-state index in [2.05, 4.69) is 5.10 Å². The highest BCUT2D eigenvalue weighted by molar-refractivity contribution is 5.95. The second kappa shape index (κ2) is 7.25. The predicted molar refractivity (Wildman–Crippen MR) is 100.0 cm³/mol. The Morgan fingerprint density at radius 1 is 1.31 bits per heavy atom. The molecule has 1 N–H and O–H groups in total. The van der Waals surface area contributed by atoms with Gasteiger partial charge in [0.25, 0.3) is 5.91 Å². The van der Waals surface area contributed by atoms with E-state index < -0.39 is 6.10 Å². The molecule has 0 aromatic carbocycles. The van der Waals surface area contributed by atoms with Crippen molar-refractivity contribution in [1.82, 2.24) is 24.1 Å². The first-order chi connectivity index (χ1) is 12.3. The smallest absolute Gasteiger partial charge is 0.256 e. The van der Waals surface area contributed by atoms with Gasteiger partial charge in [0, 0.05) is 38.1 Å². The Morgan fingerprint density at radius 2 is 2.04 bits per heavy atom. The van der Waals surface area contributed by atoms with Gasteiger partial charge in [0.15, 0.2) is 0 Å². The number of hydrogen-bond acceptors (Lipinski definition) is 4. The predicted octanol–water partition coefficient (Wildman–Crippen LogP) is 1.48. The molecular formula is C19H29N5O2. The molecule has 0 radical (unpaired) electrons. The van der Waals surface area contributed by atoms with E-state index in [9.17, 15) is 9.90 Å². The molecule has 26 heavy (non-hydrogen) atoms. The lowest BCUT2D eigenvalue weighted by Gasteiger charge is -2.20. The fourth-order valence-electron chi connectivity index (χ4n) is 3.50. The summed E-state index contributed by atoms with van der Waals surface area (Å²) in [5.41, 5.74) is 4.50. The SMILES string of the molecule is Cc1cc(C(=O)N2CCCn3nc([C@H](O)CN(C)C)cc3C2)c(C)n1C. The molecule has 0 fully saturated rings. The maximum atomic E-state index is 13.1. The van der Waals surface area contributed by atoms with E-state index in [1.807, 2.05) is 66.2 Å². The molecule has 0 saturated carbocycles. The fraction of sp³-hybridized carbons (Fsp3) is 0.579. The number of carbonyl (C=O) groups is 1. The van der Waals surface area contributed by atoms with Crippen LogP contribution in [-0.4, -0.2) is 62.3 Å². The van der Waals surface area contributed by atoms with Gasteiger partial charge in [-0.25, -0.2) is 0 Å². The van der Waals surface area contributed by atoms with Crippen molar-refractivity contribution < 1.29 is 9.90 Å². The summed E-state index contributed by atoms with van der Waals surface area (Å²) in [6, 6.07) is 3.90. The zero-order chi connectivity index (χ0) is 19.0. The van der Waals surface area contributed by atoms with Gasteiger partial charge in [-0.1, -0.05) is 0 Å². The summed E-state index contributed by atoms with van der Waals surface area (Å²) >= 11 is 0. The normalized spacial score (nSPS) is 15.9. The summed E-state index contributed by atoms with van der Waals surface area (Å²) in [5.74, 6) is 0.0660. The highest BCUT2D eigenvalue weighted by atomic mass is 16.3. The van der Waals surface area contributed by atoms with Crippen LogP contribution in [-0.2, 0) is 20.1 Å². The zero-order valence-corrected chi connectivity index (χ0v) is 16.4. The second-order valence-corrected chi connectivity index (χ2v) is 7.49. The zero-order valence-electron chi connectivity index (χ0n) is 16.4. The van der Waals surface area contributed by atoms with Crippen LogP contribution in [0, 0.1) is 13.8 Å². The monoisotopic (exact) mass is 359 g/mol. The molecule has 0 aliphatic carbocycles. The number of carbonyl (C=O) groups excluding carboxylic acids is 1. The summed E-state index contributed by atoms with van der Waals surface area (Å²) in [6.45, 7) is 6.53. The lowest BCUT2D eigenvalue weighted by atomic mass is 10.2.